The molecule has 1 aliphatic carbocycles. The highest BCUT2D eigenvalue weighted by Crippen LogP contribution is 2.33. The van der Waals surface area contributed by atoms with Gasteiger partial charge in [0.05, 0.1) is 23.3 Å². The molecule has 23 heavy (non-hydrogen) atoms. The van der Waals surface area contributed by atoms with Crippen molar-refractivity contribution in [2.45, 2.75) is 25.6 Å². The topological polar surface area (TPSA) is 48.5 Å². The SMILES string of the molecule is FC(F)(F)Cn1cc2c(n1)-c1cn(-c3cccnc3)nc1CC2. The highest BCUT2D eigenvalue weighted by molar-refractivity contribution is 5.67. The average molecular weight is 319 g/mol. The van der Waals surface area contributed by atoms with Gasteiger partial charge in [-0.25, -0.2) is 4.68 Å². The average Bonchev–Trinajstić information content (AvgIpc) is 3.08. The maximum Gasteiger partial charge on any atom is 0.408 e. The molecule has 118 valence electrons. The fourth-order valence-corrected chi connectivity index (χ4v) is 2.80. The number of nitrogens with zero attached hydrogens (tertiary/aromatic N) is 5. The number of aromatic nitrogens is 5. The van der Waals surface area contributed by atoms with Crippen LogP contribution in [-0.4, -0.2) is 30.7 Å². The first kappa shape index (κ1) is 14.0. The van der Waals surface area contributed by atoms with E-state index >= 15 is 0 Å². The Hall–Kier alpha value is -2.64. The summed E-state index contributed by atoms with van der Waals surface area (Å²) in [5.41, 5.74) is 3.85. The van der Waals surface area contributed by atoms with Crippen molar-refractivity contribution in [1.29, 1.82) is 0 Å². The molecule has 1 aliphatic rings. The number of alkyl halides is 3. The number of halogens is 3. The van der Waals surface area contributed by atoms with Crippen LogP contribution in [-0.2, 0) is 19.4 Å². The third kappa shape index (κ3) is 2.60. The quantitative estimate of drug-likeness (QED) is 0.730. The van der Waals surface area contributed by atoms with Crippen LogP contribution in [0.15, 0.2) is 36.9 Å². The van der Waals surface area contributed by atoms with Crippen molar-refractivity contribution in [3.8, 4) is 16.9 Å². The number of rotatable bonds is 2. The monoisotopic (exact) mass is 319 g/mol. The maximum absolute atomic E-state index is 12.5. The Bertz CT molecular complexity index is 848. The van der Waals surface area contributed by atoms with Crippen LogP contribution in [0, 0.1) is 0 Å². The van der Waals surface area contributed by atoms with Gasteiger partial charge in [-0.15, -0.1) is 0 Å². The van der Waals surface area contributed by atoms with Crippen molar-refractivity contribution in [2.24, 2.45) is 0 Å². The van der Waals surface area contributed by atoms with Gasteiger partial charge in [0, 0.05) is 24.2 Å². The third-order valence-corrected chi connectivity index (χ3v) is 3.77. The van der Waals surface area contributed by atoms with Crippen LogP contribution in [0.3, 0.4) is 0 Å². The van der Waals surface area contributed by atoms with Crippen LogP contribution in [0.4, 0.5) is 13.2 Å². The third-order valence-electron chi connectivity index (χ3n) is 3.77. The summed E-state index contributed by atoms with van der Waals surface area (Å²) in [7, 11) is 0. The Kier molecular flexibility index (Phi) is 3.00. The molecule has 8 heteroatoms. The molecule has 0 unspecified atom stereocenters. The first-order chi connectivity index (χ1) is 11.0. The van der Waals surface area contributed by atoms with Gasteiger partial charge in [-0.1, -0.05) is 0 Å². The van der Waals surface area contributed by atoms with E-state index in [2.05, 4.69) is 15.2 Å². The predicted molar refractivity (Wildman–Crippen MR) is 76.0 cm³/mol. The molecule has 0 radical (unpaired) electrons. The summed E-state index contributed by atoms with van der Waals surface area (Å²) in [5, 5.41) is 8.62. The number of fused-ring (bicyclic) bond motifs is 3. The van der Waals surface area contributed by atoms with Gasteiger partial charge in [0.1, 0.15) is 6.54 Å². The Morgan fingerprint density at radius 1 is 1.13 bits per heavy atom. The van der Waals surface area contributed by atoms with E-state index in [0.29, 0.717) is 18.5 Å². The van der Waals surface area contributed by atoms with Crippen LogP contribution in [0.1, 0.15) is 11.3 Å². The summed E-state index contributed by atoms with van der Waals surface area (Å²) < 4.78 is 40.3. The minimum absolute atomic E-state index is 0.589. The highest BCUT2D eigenvalue weighted by atomic mass is 19.4. The van der Waals surface area contributed by atoms with Crippen molar-refractivity contribution in [2.75, 3.05) is 0 Å². The molecule has 0 saturated carbocycles. The molecule has 3 aromatic rings. The zero-order valence-corrected chi connectivity index (χ0v) is 12.0. The van der Waals surface area contributed by atoms with Crippen LogP contribution < -0.4 is 0 Å². The van der Waals surface area contributed by atoms with Gasteiger partial charge in [-0.2, -0.15) is 23.4 Å². The molecule has 0 atom stereocenters. The van der Waals surface area contributed by atoms with E-state index in [0.717, 1.165) is 27.2 Å². The van der Waals surface area contributed by atoms with E-state index in [1.165, 1.54) is 6.20 Å². The van der Waals surface area contributed by atoms with E-state index in [-0.39, 0.29) is 0 Å². The first-order valence-corrected chi connectivity index (χ1v) is 7.12. The van der Waals surface area contributed by atoms with Crippen LogP contribution in [0.25, 0.3) is 16.9 Å². The van der Waals surface area contributed by atoms with E-state index < -0.39 is 12.7 Å². The second kappa shape index (κ2) is 4.94. The normalized spacial score (nSPS) is 13.7. The minimum Gasteiger partial charge on any atom is -0.263 e. The molecular weight excluding hydrogens is 307 g/mol. The fraction of sp³-hybridized carbons (Fsp3) is 0.267. The number of aryl methyl sites for hydroxylation is 2. The van der Waals surface area contributed by atoms with Gasteiger partial charge in [0.2, 0.25) is 0 Å². The Morgan fingerprint density at radius 2 is 2.00 bits per heavy atom. The van der Waals surface area contributed by atoms with Gasteiger partial charge < -0.3 is 0 Å². The molecule has 4 rings (SSSR count). The van der Waals surface area contributed by atoms with Gasteiger partial charge in [0.15, 0.2) is 0 Å². The summed E-state index contributed by atoms with van der Waals surface area (Å²) >= 11 is 0. The molecule has 0 N–H and O–H groups in total. The standard InChI is InChI=1S/C15H12F3N5/c16-15(17,18)9-22-7-10-3-4-13-12(14(10)21-22)8-23(20-13)11-2-1-5-19-6-11/h1-2,5-8H,3-4,9H2. The van der Waals surface area contributed by atoms with Crippen LogP contribution in [0.5, 0.6) is 0 Å². The van der Waals surface area contributed by atoms with Gasteiger partial charge in [-0.05, 0) is 30.5 Å². The van der Waals surface area contributed by atoms with E-state index in [1.54, 1.807) is 29.3 Å². The van der Waals surface area contributed by atoms with Crippen molar-refractivity contribution >= 4 is 0 Å². The lowest BCUT2D eigenvalue weighted by molar-refractivity contribution is -0.142. The molecule has 0 aliphatic heterocycles. The summed E-state index contributed by atoms with van der Waals surface area (Å²) in [6.07, 6.45) is 3.68. The van der Waals surface area contributed by atoms with Crippen molar-refractivity contribution in [3.05, 3.63) is 48.2 Å². The van der Waals surface area contributed by atoms with Crippen LogP contribution in [0.2, 0.25) is 0 Å². The van der Waals surface area contributed by atoms with Crippen molar-refractivity contribution in [1.82, 2.24) is 24.5 Å². The number of hydrogen-bond acceptors (Lipinski definition) is 3. The van der Waals surface area contributed by atoms with Gasteiger partial charge in [0.25, 0.3) is 0 Å². The lowest BCUT2D eigenvalue weighted by atomic mass is 9.96. The second-order valence-electron chi connectivity index (χ2n) is 5.46. The predicted octanol–water partition coefficient (Wildman–Crippen LogP) is 2.79. The van der Waals surface area contributed by atoms with E-state index in [1.807, 2.05) is 6.07 Å². The first-order valence-electron chi connectivity index (χ1n) is 7.12. The largest absolute Gasteiger partial charge is 0.408 e. The summed E-state index contributed by atoms with van der Waals surface area (Å²) in [4.78, 5) is 4.05. The molecule has 0 aromatic carbocycles. The lowest BCUT2D eigenvalue weighted by Crippen LogP contribution is -2.17. The summed E-state index contributed by atoms with van der Waals surface area (Å²) in [6.45, 7) is -1.08. The Labute approximate surface area is 129 Å². The zero-order valence-electron chi connectivity index (χ0n) is 12.0. The smallest absolute Gasteiger partial charge is 0.263 e. The molecular formula is C15H12F3N5. The lowest BCUT2D eigenvalue weighted by Gasteiger charge is -2.07. The fourth-order valence-electron chi connectivity index (χ4n) is 2.80. The molecule has 0 spiro atoms. The minimum atomic E-state index is -4.28. The van der Waals surface area contributed by atoms with Gasteiger partial charge >= 0.3 is 6.18 Å². The second-order valence-corrected chi connectivity index (χ2v) is 5.46. The van der Waals surface area contributed by atoms with Crippen molar-refractivity contribution < 1.29 is 13.2 Å². The van der Waals surface area contributed by atoms with Crippen LogP contribution >= 0.6 is 0 Å². The highest BCUT2D eigenvalue weighted by Gasteiger charge is 2.30. The van der Waals surface area contributed by atoms with Gasteiger partial charge in [-0.3, -0.25) is 9.67 Å². The number of pyridine rings is 1. The van der Waals surface area contributed by atoms with E-state index in [4.69, 9.17) is 0 Å². The molecule has 0 bridgehead atoms. The Morgan fingerprint density at radius 3 is 2.74 bits per heavy atom. The van der Waals surface area contributed by atoms with Crippen molar-refractivity contribution in [3.63, 3.8) is 0 Å². The van der Waals surface area contributed by atoms with E-state index in [9.17, 15) is 13.2 Å². The number of hydrogen-bond donors (Lipinski definition) is 0. The zero-order chi connectivity index (χ0) is 16.0. The molecule has 0 fully saturated rings. The molecule has 0 amide bonds. The molecule has 3 heterocycles. The maximum atomic E-state index is 12.5. The summed E-state index contributed by atoms with van der Waals surface area (Å²) in [6, 6.07) is 3.67. The Balaban J connectivity index is 1.74. The molecule has 0 saturated heterocycles. The molecule has 3 aromatic heterocycles. The molecule has 5 nitrogen and oxygen atoms in total. The summed E-state index contributed by atoms with van der Waals surface area (Å²) in [5.74, 6) is 0.